The van der Waals surface area contributed by atoms with Crippen LogP contribution in [0.1, 0.15) is 0 Å². The third-order valence-corrected chi connectivity index (χ3v) is 4.05. The van der Waals surface area contributed by atoms with Gasteiger partial charge in [0.15, 0.2) is 6.29 Å². The van der Waals surface area contributed by atoms with E-state index in [2.05, 4.69) is 10.6 Å². The van der Waals surface area contributed by atoms with Crippen LogP contribution in [0.2, 0.25) is 0 Å². The van der Waals surface area contributed by atoms with Gasteiger partial charge in [-0.2, -0.15) is 0 Å². The number of rotatable bonds is 6. The Hall–Kier alpha value is -3.13. The Bertz CT molecular complexity index is 779. The number of nitrogens with one attached hydrogen (secondary N) is 2. The molecule has 0 saturated carbocycles. The van der Waals surface area contributed by atoms with Gasteiger partial charge in [0.05, 0.1) is 11.4 Å². The lowest BCUT2D eigenvalue weighted by atomic mass is 10.2. The molecule has 8 nitrogen and oxygen atoms in total. The van der Waals surface area contributed by atoms with Crippen molar-refractivity contribution >= 4 is 23.2 Å². The molecule has 0 spiro atoms. The molecule has 138 valence electrons. The smallest absolute Gasteiger partial charge is 0.407 e. The lowest BCUT2D eigenvalue weighted by Crippen LogP contribution is -2.51. The van der Waals surface area contributed by atoms with Gasteiger partial charge in [-0.15, -0.1) is 0 Å². The molecule has 2 aromatic carbocycles. The number of anilines is 3. The maximum Gasteiger partial charge on any atom is 0.407 e. The molecule has 1 unspecified atom stereocenters. The SMILES string of the molecule is CN(C)CCN1c2cc(Oc3ccc(N)cc3)ccc2NC1NC(=O)O. The Morgan fingerprint density at radius 3 is 2.62 bits per heavy atom. The average molecular weight is 357 g/mol. The first kappa shape index (κ1) is 17.7. The molecular formula is C18H23N5O3. The molecule has 5 N–H and O–H groups in total. The van der Waals surface area contributed by atoms with Crippen LogP contribution in [0.15, 0.2) is 42.5 Å². The number of carboxylic acid groups (broad SMARTS) is 1. The molecule has 0 radical (unpaired) electrons. The van der Waals surface area contributed by atoms with E-state index < -0.39 is 12.4 Å². The summed E-state index contributed by atoms with van der Waals surface area (Å²) < 4.78 is 5.89. The fraction of sp³-hybridized carbons (Fsp3) is 0.278. The zero-order valence-electron chi connectivity index (χ0n) is 14.8. The molecule has 0 fully saturated rings. The number of fused-ring (bicyclic) bond motifs is 1. The van der Waals surface area contributed by atoms with E-state index in [0.29, 0.717) is 23.7 Å². The minimum atomic E-state index is -1.08. The zero-order chi connectivity index (χ0) is 18.7. The number of ether oxygens (including phenoxy) is 1. The van der Waals surface area contributed by atoms with Crippen LogP contribution >= 0.6 is 0 Å². The van der Waals surface area contributed by atoms with Gasteiger partial charge < -0.3 is 30.7 Å². The largest absolute Gasteiger partial charge is 0.465 e. The Morgan fingerprint density at radius 1 is 1.27 bits per heavy atom. The van der Waals surface area contributed by atoms with Gasteiger partial charge in [-0.1, -0.05) is 0 Å². The molecule has 1 atom stereocenters. The molecule has 0 bridgehead atoms. The Morgan fingerprint density at radius 2 is 1.96 bits per heavy atom. The van der Waals surface area contributed by atoms with Crippen molar-refractivity contribution in [2.75, 3.05) is 43.1 Å². The van der Waals surface area contributed by atoms with Gasteiger partial charge in [0.1, 0.15) is 11.5 Å². The minimum absolute atomic E-state index is 0.519. The number of likely N-dealkylation sites (N-methyl/N-ethyl adjacent to an activating group) is 1. The lowest BCUT2D eigenvalue weighted by molar-refractivity contribution is 0.191. The molecule has 2 aromatic rings. The summed E-state index contributed by atoms with van der Waals surface area (Å²) in [6, 6.07) is 12.8. The van der Waals surface area contributed by atoms with Gasteiger partial charge in [0.25, 0.3) is 0 Å². The minimum Gasteiger partial charge on any atom is -0.465 e. The summed E-state index contributed by atoms with van der Waals surface area (Å²) >= 11 is 0. The highest BCUT2D eigenvalue weighted by atomic mass is 16.5. The predicted octanol–water partition coefficient (Wildman–Crippen LogP) is 2.41. The second-order valence-electron chi connectivity index (χ2n) is 6.34. The molecule has 1 amide bonds. The molecule has 1 heterocycles. The quantitative estimate of drug-likeness (QED) is 0.589. The molecular weight excluding hydrogens is 334 g/mol. The molecule has 1 aliphatic rings. The van der Waals surface area contributed by atoms with Crippen LogP contribution in [0.4, 0.5) is 21.9 Å². The van der Waals surface area contributed by atoms with E-state index in [1.54, 1.807) is 24.3 Å². The molecule has 8 heteroatoms. The van der Waals surface area contributed by atoms with E-state index in [4.69, 9.17) is 15.6 Å². The van der Waals surface area contributed by atoms with Crippen LogP contribution in [0.5, 0.6) is 11.5 Å². The molecule has 1 aliphatic heterocycles. The van der Waals surface area contributed by atoms with Gasteiger partial charge in [0, 0.05) is 24.8 Å². The van der Waals surface area contributed by atoms with Gasteiger partial charge in [-0.25, -0.2) is 4.79 Å². The number of nitrogens with two attached hydrogens (primary N) is 1. The van der Waals surface area contributed by atoms with E-state index in [-0.39, 0.29) is 0 Å². The van der Waals surface area contributed by atoms with Gasteiger partial charge in [0.2, 0.25) is 0 Å². The number of nitrogens with zero attached hydrogens (tertiary/aromatic N) is 2. The third-order valence-electron chi connectivity index (χ3n) is 4.05. The number of benzene rings is 2. The Labute approximate surface area is 152 Å². The van der Waals surface area contributed by atoms with Crippen molar-refractivity contribution in [3.63, 3.8) is 0 Å². The summed E-state index contributed by atoms with van der Waals surface area (Å²) in [5.41, 5.74) is 8.11. The molecule has 26 heavy (non-hydrogen) atoms. The highest BCUT2D eigenvalue weighted by molar-refractivity contribution is 5.79. The van der Waals surface area contributed by atoms with Gasteiger partial charge in [-0.3, -0.25) is 5.32 Å². The molecule has 0 aliphatic carbocycles. The van der Waals surface area contributed by atoms with Gasteiger partial charge in [-0.05, 0) is 50.5 Å². The van der Waals surface area contributed by atoms with Crippen LogP contribution in [-0.2, 0) is 0 Å². The maximum absolute atomic E-state index is 11.1. The topological polar surface area (TPSA) is 103 Å². The summed E-state index contributed by atoms with van der Waals surface area (Å²) in [5.74, 6) is 1.35. The highest BCUT2D eigenvalue weighted by Crippen LogP contribution is 2.38. The van der Waals surface area contributed by atoms with E-state index in [9.17, 15) is 4.79 Å². The predicted molar refractivity (Wildman–Crippen MR) is 102 cm³/mol. The Balaban J connectivity index is 1.82. The van der Waals surface area contributed by atoms with Crippen molar-refractivity contribution in [2.45, 2.75) is 6.29 Å². The molecule has 0 saturated heterocycles. The summed E-state index contributed by atoms with van der Waals surface area (Å²) in [7, 11) is 3.95. The van der Waals surface area contributed by atoms with Crippen LogP contribution < -0.4 is 26.0 Å². The standard InChI is InChI=1S/C18H23N5O3/c1-22(2)9-10-23-16-11-14(26-13-5-3-12(19)4-6-13)7-8-15(16)20-17(23)21-18(24)25/h3-8,11,17,20-21H,9-10,19H2,1-2H3,(H,24,25). The van der Waals surface area contributed by atoms with Crippen LogP contribution in [-0.4, -0.2) is 49.6 Å². The van der Waals surface area contributed by atoms with Crippen molar-refractivity contribution in [1.29, 1.82) is 0 Å². The highest BCUT2D eigenvalue weighted by Gasteiger charge is 2.30. The lowest BCUT2D eigenvalue weighted by Gasteiger charge is -2.27. The van der Waals surface area contributed by atoms with E-state index in [1.165, 1.54) is 0 Å². The summed E-state index contributed by atoms with van der Waals surface area (Å²) in [6.45, 7) is 1.44. The fourth-order valence-electron chi connectivity index (χ4n) is 2.76. The van der Waals surface area contributed by atoms with E-state index in [0.717, 1.165) is 17.9 Å². The number of amides is 1. The third kappa shape index (κ3) is 4.09. The normalized spacial score (nSPS) is 15.5. The monoisotopic (exact) mass is 357 g/mol. The first-order valence-corrected chi connectivity index (χ1v) is 8.27. The molecule has 3 rings (SSSR count). The van der Waals surface area contributed by atoms with E-state index >= 15 is 0 Å². The fourth-order valence-corrected chi connectivity index (χ4v) is 2.76. The van der Waals surface area contributed by atoms with Crippen molar-refractivity contribution in [3.8, 4) is 11.5 Å². The maximum atomic E-state index is 11.1. The first-order chi connectivity index (χ1) is 12.4. The second-order valence-corrected chi connectivity index (χ2v) is 6.34. The number of nitrogen functional groups attached to an aromatic ring is 1. The van der Waals surface area contributed by atoms with Gasteiger partial charge >= 0.3 is 6.09 Å². The summed E-state index contributed by atoms with van der Waals surface area (Å²) in [4.78, 5) is 15.1. The van der Waals surface area contributed by atoms with E-state index in [1.807, 2.05) is 42.1 Å². The van der Waals surface area contributed by atoms with Crippen molar-refractivity contribution in [2.24, 2.45) is 0 Å². The van der Waals surface area contributed by atoms with Crippen LogP contribution in [0, 0.1) is 0 Å². The van der Waals surface area contributed by atoms with Crippen LogP contribution in [0.3, 0.4) is 0 Å². The second kappa shape index (κ2) is 7.40. The average Bonchev–Trinajstić information content (AvgIpc) is 2.91. The summed E-state index contributed by atoms with van der Waals surface area (Å²) in [5, 5.41) is 14.8. The number of hydrogen-bond donors (Lipinski definition) is 4. The molecule has 0 aromatic heterocycles. The zero-order valence-corrected chi connectivity index (χ0v) is 14.8. The number of hydrogen-bond acceptors (Lipinski definition) is 6. The Kier molecular flexibility index (Phi) is 5.04. The van der Waals surface area contributed by atoms with Crippen molar-refractivity contribution in [1.82, 2.24) is 10.2 Å². The van der Waals surface area contributed by atoms with Crippen molar-refractivity contribution in [3.05, 3.63) is 42.5 Å². The van der Waals surface area contributed by atoms with Crippen LogP contribution in [0.25, 0.3) is 0 Å². The summed E-state index contributed by atoms with van der Waals surface area (Å²) in [6.07, 6.45) is -1.60. The number of carbonyl (C=O) groups is 1. The first-order valence-electron chi connectivity index (χ1n) is 8.27. The van der Waals surface area contributed by atoms with Crippen molar-refractivity contribution < 1.29 is 14.6 Å².